The van der Waals surface area contributed by atoms with Crippen LogP contribution in [0.15, 0.2) is 12.7 Å². The van der Waals surface area contributed by atoms with Crippen molar-refractivity contribution in [2.75, 3.05) is 0 Å². The summed E-state index contributed by atoms with van der Waals surface area (Å²) in [7, 11) is 0. The van der Waals surface area contributed by atoms with Crippen LogP contribution in [0.3, 0.4) is 0 Å². The highest BCUT2D eigenvalue weighted by atomic mass is 19.4. The molecule has 0 heterocycles. The van der Waals surface area contributed by atoms with Gasteiger partial charge in [-0.25, -0.2) is 0 Å². The largest absolute Gasteiger partial charge is 0.459 e. The zero-order valence-corrected chi connectivity index (χ0v) is 20.8. The van der Waals surface area contributed by atoms with Crippen molar-refractivity contribution in [1.29, 1.82) is 0 Å². The number of alkyl halides is 9. The summed E-state index contributed by atoms with van der Waals surface area (Å²) in [6, 6.07) is 0. The van der Waals surface area contributed by atoms with Crippen molar-refractivity contribution in [3.63, 3.8) is 0 Å². The third kappa shape index (κ3) is 4.56. The monoisotopic (exact) mass is 552 g/mol. The van der Waals surface area contributed by atoms with Crippen LogP contribution in [0.1, 0.15) is 59.3 Å². The fourth-order valence-electron chi connectivity index (χ4n) is 7.25. The number of carbonyl (C=O) groups is 1. The molecular weight excluding hydrogens is 519 g/mol. The van der Waals surface area contributed by atoms with Gasteiger partial charge in [0.05, 0.1) is 6.10 Å². The maximum absolute atomic E-state index is 14.0. The van der Waals surface area contributed by atoms with Gasteiger partial charge in [-0.15, -0.1) is 6.58 Å². The Balaban J connectivity index is 0.000000251. The lowest BCUT2D eigenvalue weighted by atomic mass is 9.65. The number of aliphatic hydroxyl groups is 1. The van der Waals surface area contributed by atoms with E-state index in [2.05, 4.69) is 6.58 Å². The lowest BCUT2D eigenvalue weighted by Gasteiger charge is -2.43. The van der Waals surface area contributed by atoms with Gasteiger partial charge in [0, 0.05) is 0 Å². The number of ether oxygens (including phenoxy) is 1. The number of hydrogen-bond acceptors (Lipinski definition) is 3. The average molecular weight is 553 g/mol. The van der Waals surface area contributed by atoms with Gasteiger partial charge >= 0.3 is 24.5 Å². The van der Waals surface area contributed by atoms with E-state index in [1.807, 2.05) is 13.8 Å². The summed E-state index contributed by atoms with van der Waals surface area (Å²) >= 11 is 0. The molecule has 0 aromatic heterocycles. The van der Waals surface area contributed by atoms with E-state index < -0.39 is 59.9 Å². The number of aliphatic hydroxyl groups excluding tert-OH is 1. The molecule has 4 aliphatic carbocycles. The van der Waals surface area contributed by atoms with Crippen LogP contribution in [0, 0.1) is 46.3 Å². The van der Waals surface area contributed by atoms with E-state index in [1.54, 1.807) is 0 Å². The first-order valence-corrected chi connectivity index (χ1v) is 12.5. The van der Waals surface area contributed by atoms with E-state index in [1.165, 1.54) is 0 Å². The molecule has 9 atom stereocenters. The Bertz CT molecular complexity index is 847. The summed E-state index contributed by atoms with van der Waals surface area (Å²) in [6.07, 6.45) is -15.2. The Morgan fingerprint density at radius 2 is 1.49 bits per heavy atom. The Kier molecular flexibility index (Phi) is 7.83. The van der Waals surface area contributed by atoms with Crippen LogP contribution >= 0.6 is 0 Å². The summed E-state index contributed by atoms with van der Waals surface area (Å²) in [5.74, 6) is -1.71. The number of allylic oxidation sites excluding steroid dienone is 1. The summed E-state index contributed by atoms with van der Waals surface area (Å²) in [5, 5.41) is 10.2. The first-order chi connectivity index (χ1) is 16.8. The Morgan fingerprint density at radius 1 is 0.946 bits per heavy atom. The minimum absolute atomic E-state index is 0.0224. The van der Waals surface area contributed by atoms with Crippen LogP contribution in [-0.4, -0.2) is 41.8 Å². The standard InChI is InChI=1S/C18H25F3O3.C7H8F6/c1-8-9(2)13-6-12(8)7-17(13,18(19,20)21)16(23)24-15-11-4-3-10(5-11)14(15)22;1-3-5(4-2,6(8,9)10)7(11,12)13/h8-15,22H,3-7H2,1-2H3;3H,1,4H2,2H3. The molecule has 12 heteroatoms. The summed E-state index contributed by atoms with van der Waals surface area (Å²) in [4.78, 5) is 12.8. The lowest BCUT2D eigenvalue weighted by molar-refractivity contribution is -0.322. The van der Waals surface area contributed by atoms with E-state index in [0.29, 0.717) is 6.42 Å². The number of halogens is 9. The van der Waals surface area contributed by atoms with Crippen molar-refractivity contribution in [3.05, 3.63) is 12.7 Å². The molecule has 37 heavy (non-hydrogen) atoms. The van der Waals surface area contributed by atoms with Crippen molar-refractivity contribution >= 4 is 5.97 Å². The number of carbonyl (C=O) groups excluding carboxylic acids is 1. The quantitative estimate of drug-likeness (QED) is 0.227. The number of hydrogen-bond donors (Lipinski definition) is 1. The van der Waals surface area contributed by atoms with Gasteiger partial charge in [0.15, 0.2) is 10.8 Å². The second-order valence-electron chi connectivity index (χ2n) is 11.2. The molecule has 0 amide bonds. The highest BCUT2D eigenvalue weighted by Gasteiger charge is 2.74. The van der Waals surface area contributed by atoms with Gasteiger partial charge in [-0.2, -0.15) is 39.5 Å². The highest BCUT2D eigenvalue weighted by molar-refractivity contribution is 5.79. The molecule has 4 bridgehead atoms. The van der Waals surface area contributed by atoms with E-state index in [4.69, 9.17) is 4.74 Å². The molecule has 0 radical (unpaired) electrons. The zero-order valence-electron chi connectivity index (χ0n) is 20.8. The SMILES string of the molecule is C=CC(CC)(C(F)(F)F)C(F)(F)F.CC1C2CC(C1C)C(C(=O)OC1C3CCC(C3)C1O)(C(F)(F)F)C2. The fraction of sp³-hybridized carbons (Fsp3) is 0.880. The molecule has 0 aromatic carbocycles. The predicted octanol–water partition coefficient (Wildman–Crippen LogP) is 7.24. The van der Waals surface area contributed by atoms with Gasteiger partial charge in [0.1, 0.15) is 6.10 Å². The first kappa shape index (κ1) is 30.1. The van der Waals surface area contributed by atoms with Crippen LogP contribution in [0.25, 0.3) is 0 Å². The maximum atomic E-state index is 14.0. The molecule has 0 saturated heterocycles. The zero-order chi connectivity index (χ0) is 28.4. The molecule has 4 saturated carbocycles. The van der Waals surface area contributed by atoms with E-state index >= 15 is 0 Å². The Hall–Kier alpha value is -1.46. The Labute approximate surface area is 209 Å². The van der Waals surface area contributed by atoms with Gasteiger partial charge in [0.2, 0.25) is 0 Å². The smallest absolute Gasteiger partial charge is 0.406 e. The fourth-order valence-corrected chi connectivity index (χ4v) is 7.25. The third-order valence-corrected chi connectivity index (χ3v) is 9.81. The van der Waals surface area contributed by atoms with Crippen molar-refractivity contribution < 1.29 is 54.2 Å². The maximum Gasteiger partial charge on any atom is 0.406 e. The molecule has 1 N–H and O–H groups in total. The molecule has 9 unspecified atom stereocenters. The van der Waals surface area contributed by atoms with Crippen LogP contribution < -0.4 is 0 Å². The van der Waals surface area contributed by atoms with E-state index in [-0.39, 0.29) is 42.1 Å². The van der Waals surface area contributed by atoms with Crippen LogP contribution in [0.2, 0.25) is 0 Å². The number of esters is 1. The van der Waals surface area contributed by atoms with Gasteiger partial charge in [-0.05, 0) is 74.0 Å². The Morgan fingerprint density at radius 3 is 1.81 bits per heavy atom. The molecule has 214 valence electrons. The van der Waals surface area contributed by atoms with Crippen molar-refractivity contribution in [3.8, 4) is 0 Å². The van der Waals surface area contributed by atoms with Gasteiger partial charge < -0.3 is 9.84 Å². The predicted molar refractivity (Wildman–Crippen MR) is 115 cm³/mol. The molecular formula is C25H33F9O3. The summed E-state index contributed by atoms with van der Waals surface area (Å²) in [6.45, 7) is 7.23. The second kappa shape index (κ2) is 9.62. The number of rotatable bonds is 4. The van der Waals surface area contributed by atoms with Crippen LogP contribution in [0.5, 0.6) is 0 Å². The molecule has 0 aliphatic heterocycles. The van der Waals surface area contributed by atoms with Crippen molar-refractivity contribution in [2.45, 2.75) is 90.0 Å². The first-order valence-electron chi connectivity index (χ1n) is 12.5. The summed E-state index contributed by atoms with van der Waals surface area (Å²) < 4.78 is 120. The molecule has 3 nitrogen and oxygen atoms in total. The lowest BCUT2D eigenvalue weighted by Crippen LogP contribution is -2.54. The van der Waals surface area contributed by atoms with Gasteiger partial charge in [0.25, 0.3) is 0 Å². The van der Waals surface area contributed by atoms with Gasteiger partial charge in [-0.3, -0.25) is 4.79 Å². The highest BCUT2D eigenvalue weighted by Crippen LogP contribution is 2.67. The summed E-state index contributed by atoms with van der Waals surface area (Å²) in [5.41, 5.74) is -6.15. The molecule has 4 rings (SSSR count). The van der Waals surface area contributed by atoms with Crippen LogP contribution in [-0.2, 0) is 9.53 Å². The van der Waals surface area contributed by atoms with Crippen LogP contribution in [0.4, 0.5) is 39.5 Å². The molecule has 0 aromatic rings. The molecule has 4 fully saturated rings. The van der Waals surface area contributed by atoms with Crippen molar-refractivity contribution in [2.24, 2.45) is 46.3 Å². The van der Waals surface area contributed by atoms with E-state index in [9.17, 15) is 49.4 Å². The third-order valence-electron chi connectivity index (χ3n) is 9.81. The minimum Gasteiger partial charge on any atom is -0.459 e. The molecule has 0 spiro atoms. The van der Waals surface area contributed by atoms with E-state index in [0.717, 1.165) is 26.2 Å². The van der Waals surface area contributed by atoms with Crippen molar-refractivity contribution in [1.82, 2.24) is 0 Å². The minimum atomic E-state index is -5.35. The average Bonchev–Trinajstić information content (AvgIpc) is 3.51. The normalized spacial score (nSPS) is 39.4. The number of fused-ring (bicyclic) bond motifs is 4. The molecule has 4 aliphatic rings. The second-order valence-corrected chi connectivity index (χ2v) is 11.2. The topological polar surface area (TPSA) is 46.5 Å². The van der Waals surface area contributed by atoms with Gasteiger partial charge in [-0.1, -0.05) is 26.8 Å².